The zero-order valence-electron chi connectivity index (χ0n) is 16.3. The summed E-state index contributed by atoms with van der Waals surface area (Å²) in [6.45, 7) is 3.71. The van der Waals surface area contributed by atoms with Crippen molar-refractivity contribution in [1.82, 2.24) is 4.90 Å². The molecule has 0 spiro atoms. The minimum absolute atomic E-state index is 0.109. The minimum Gasteiger partial charge on any atom is -0.462 e. The Morgan fingerprint density at radius 2 is 1.72 bits per heavy atom. The van der Waals surface area contributed by atoms with Gasteiger partial charge in [-0.2, -0.15) is 0 Å². The second kappa shape index (κ2) is 10.1. The molecular weight excluding hydrogens is 388 g/mol. The van der Waals surface area contributed by atoms with E-state index in [4.69, 9.17) is 4.74 Å². The highest BCUT2D eigenvalue weighted by Crippen LogP contribution is 2.25. The molecule has 0 bridgehead atoms. The number of thioether (sulfide) groups is 1. The van der Waals surface area contributed by atoms with Crippen molar-refractivity contribution in [2.45, 2.75) is 24.7 Å². The van der Waals surface area contributed by atoms with Gasteiger partial charge in [-0.25, -0.2) is 4.79 Å². The van der Waals surface area contributed by atoms with E-state index in [9.17, 15) is 14.4 Å². The zero-order valence-corrected chi connectivity index (χ0v) is 17.2. The maximum Gasteiger partial charge on any atom is 0.338 e. The number of hydrogen-bond acceptors (Lipinski definition) is 5. The Morgan fingerprint density at radius 3 is 2.41 bits per heavy atom. The second-order valence-corrected chi connectivity index (χ2v) is 7.64. The van der Waals surface area contributed by atoms with Crippen LogP contribution >= 0.6 is 11.8 Å². The van der Waals surface area contributed by atoms with Crippen molar-refractivity contribution >= 4 is 35.2 Å². The van der Waals surface area contributed by atoms with Crippen LogP contribution in [-0.2, 0) is 9.53 Å². The first-order chi connectivity index (χ1) is 14.1. The van der Waals surface area contributed by atoms with Crippen molar-refractivity contribution in [1.29, 1.82) is 0 Å². The molecule has 2 aromatic rings. The molecule has 1 heterocycles. The smallest absolute Gasteiger partial charge is 0.338 e. The highest BCUT2D eigenvalue weighted by atomic mass is 32.2. The lowest BCUT2D eigenvalue weighted by molar-refractivity contribution is -0.127. The first kappa shape index (κ1) is 20.9. The van der Waals surface area contributed by atoms with Crippen LogP contribution in [0, 0.1) is 0 Å². The summed E-state index contributed by atoms with van der Waals surface area (Å²) in [6.07, 6.45) is 2.12. The Labute approximate surface area is 174 Å². The molecule has 6 nitrogen and oxygen atoms in total. The summed E-state index contributed by atoms with van der Waals surface area (Å²) in [4.78, 5) is 39.4. The van der Waals surface area contributed by atoms with E-state index in [-0.39, 0.29) is 11.8 Å². The molecule has 3 rings (SSSR count). The van der Waals surface area contributed by atoms with Gasteiger partial charge < -0.3 is 15.0 Å². The first-order valence-corrected chi connectivity index (χ1v) is 10.6. The Hall–Kier alpha value is -2.80. The summed E-state index contributed by atoms with van der Waals surface area (Å²) >= 11 is 1.38. The normalized spacial score (nSPS) is 13.2. The summed E-state index contributed by atoms with van der Waals surface area (Å²) in [5, 5.41) is 2.84. The number of carbonyl (C=O) groups excluding carboxylic acids is 3. The third-order valence-electron chi connectivity index (χ3n) is 4.60. The van der Waals surface area contributed by atoms with E-state index in [0.29, 0.717) is 29.2 Å². The van der Waals surface area contributed by atoms with Gasteiger partial charge in [-0.15, -0.1) is 11.8 Å². The molecule has 0 aromatic heterocycles. The molecule has 0 aliphatic carbocycles. The summed E-state index contributed by atoms with van der Waals surface area (Å²) in [5.74, 6) is -0.226. The molecular formula is C22H24N2O4S. The Bertz CT molecular complexity index is 877. The highest BCUT2D eigenvalue weighted by Gasteiger charge is 2.19. The maximum absolute atomic E-state index is 12.7. The molecule has 1 saturated heterocycles. The Morgan fingerprint density at radius 1 is 1.03 bits per heavy atom. The number of likely N-dealkylation sites (tertiary alicyclic amines) is 1. The van der Waals surface area contributed by atoms with Crippen LogP contribution in [0.15, 0.2) is 53.4 Å². The molecule has 2 amide bonds. The van der Waals surface area contributed by atoms with Crippen molar-refractivity contribution in [3.8, 4) is 0 Å². The molecule has 29 heavy (non-hydrogen) atoms. The van der Waals surface area contributed by atoms with Crippen molar-refractivity contribution in [2.24, 2.45) is 0 Å². The van der Waals surface area contributed by atoms with Crippen LogP contribution in [-0.4, -0.2) is 48.1 Å². The van der Waals surface area contributed by atoms with Gasteiger partial charge in [-0.3, -0.25) is 9.59 Å². The van der Waals surface area contributed by atoms with E-state index in [0.717, 1.165) is 30.8 Å². The second-order valence-electron chi connectivity index (χ2n) is 6.62. The molecule has 1 fully saturated rings. The monoisotopic (exact) mass is 412 g/mol. The number of amides is 2. The van der Waals surface area contributed by atoms with E-state index in [1.807, 2.05) is 17.0 Å². The molecule has 0 radical (unpaired) electrons. The van der Waals surface area contributed by atoms with Crippen molar-refractivity contribution in [2.75, 3.05) is 30.8 Å². The molecule has 0 saturated carbocycles. The number of nitrogens with one attached hydrogen (secondary N) is 1. The van der Waals surface area contributed by atoms with Gasteiger partial charge in [0.25, 0.3) is 5.91 Å². The highest BCUT2D eigenvalue weighted by molar-refractivity contribution is 8.00. The fourth-order valence-corrected chi connectivity index (χ4v) is 4.03. The fraction of sp³-hybridized carbons (Fsp3) is 0.318. The van der Waals surface area contributed by atoms with Gasteiger partial charge in [0.05, 0.1) is 23.5 Å². The largest absolute Gasteiger partial charge is 0.462 e. The average molecular weight is 413 g/mol. The topological polar surface area (TPSA) is 75.7 Å². The van der Waals surface area contributed by atoms with Crippen molar-refractivity contribution in [3.05, 3.63) is 59.7 Å². The summed E-state index contributed by atoms with van der Waals surface area (Å²) < 4.78 is 4.96. The van der Waals surface area contributed by atoms with Gasteiger partial charge in [-0.1, -0.05) is 12.1 Å². The van der Waals surface area contributed by atoms with Crippen LogP contribution in [0.3, 0.4) is 0 Å². The van der Waals surface area contributed by atoms with E-state index in [1.165, 1.54) is 11.8 Å². The SMILES string of the molecule is CCOC(=O)c1ccc(NC(=O)c2ccccc2SCC(=O)N2CCCC2)cc1. The Kier molecular flexibility index (Phi) is 7.30. The Balaban J connectivity index is 1.63. The van der Waals surface area contributed by atoms with Gasteiger partial charge in [0.2, 0.25) is 5.91 Å². The van der Waals surface area contributed by atoms with Crippen LogP contribution in [0.25, 0.3) is 0 Å². The molecule has 152 valence electrons. The summed E-state index contributed by atoms with van der Waals surface area (Å²) in [5.41, 5.74) is 1.53. The third kappa shape index (κ3) is 5.60. The van der Waals surface area contributed by atoms with E-state index in [1.54, 1.807) is 43.3 Å². The van der Waals surface area contributed by atoms with Crippen LogP contribution in [0.1, 0.15) is 40.5 Å². The van der Waals surface area contributed by atoms with E-state index < -0.39 is 5.97 Å². The van der Waals surface area contributed by atoms with Gasteiger partial charge in [0.15, 0.2) is 0 Å². The quantitative estimate of drug-likeness (QED) is 0.553. The number of nitrogens with zero attached hydrogens (tertiary/aromatic N) is 1. The van der Waals surface area contributed by atoms with Crippen LogP contribution in [0.4, 0.5) is 5.69 Å². The standard InChI is InChI=1S/C22H24N2O4S/c1-2-28-22(27)16-9-11-17(12-10-16)23-21(26)18-7-3-4-8-19(18)29-15-20(25)24-13-5-6-14-24/h3-4,7-12H,2,5-6,13-15H2,1H3,(H,23,26). The third-order valence-corrected chi connectivity index (χ3v) is 5.65. The first-order valence-electron chi connectivity index (χ1n) is 9.66. The molecule has 1 N–H and O–H groups in total. The molecule has 0 atom stereocenters. The number of anilines is 1. The lowest BCUT2D eigenvalue weighted by Crippen LogP contribution is -2.29. The van der Waals surface area contributed by atoms with E-state index >= 15 is 0 Å². The number of benzene rings is 2. The average Bonchev–Trinajstić information content (AvgIpc) is 3.28. The zero-order chi connectivity index (χ0) is 20.6. The van der Waals surface area contributed by atoms with Gasteiger partial charge >= 0.3 is 5.97 Å². The number of rotatable bonds is 7. The fourth-order valence-electron chi connectivity index (χ4n) is 3.08. The predicted octanol–water partition coefficient (Wildman–Crippen LogP) is 3.83. The van der Waals surface area contributed by atoms with Crippen molar-refractivity contribution in [3.63, 3.8) is 0 Å². The summed E-state index contributed by atoms with van der Waals surface area (Å²) in [7, 11) is 0. The molecule has 7 heteroatoms. The number of ether oxygens (including phenoxy) is 1. The maximum atomic E-state index is 12.7. The van der Waals surface area contributed by atoms with Gasteiger partial charge in [0.1, 0.15) is 0 Å². The van der Waals surface area contributed by atoms with Crippen LogP contribution in [0.2, 0.25) is 0 Å². The van der Waals surface area contributed by atoms with Gasteiger partial charge in [0, 0.05) is 23.7 Å². The number of carbonyl (C=O) groups is 3. The lowest BCUT2D eigenvalue weighted by Gasteiger charge is -2.15. The number of hydrogen-bond donors (Lipinski definition) is 1. The molecule has 2 aromatic carbocycles. The van der Waals surface area contributed by atoms with Crippen molar-refractivity contribution < 1.29 is 19.1 Å². The minimum atomic E-state index is -0.394. The molecule has 1 aliphatic rings. The summed E-state index contributed by atoms with van der Waals surface area (Å²) in [6, 6.07) is 13.8. The lowest BCUT2D eigenvalue weighted by atomic mass is 10.2. The number of esters is 1. The van der Waals surface area contributed by atoms with Gasteiger partial charge in [-0.05, 0) is 56.2 Å². The predicted molar refractivity (Wildman–Crippen MR) is 113 cm³/mol. The van der Waals surface area contributed by atoms with Crippen LogP contribution in [0.5, 0.6) is 0 Å². The molecule has 0 unspecified atom stereocenters. The van der Waals surface area contributed by atoms with E-state index in [2.05, 4.69) is 5.32 Å². The van der Waals surface area contributed by atoms with Crippen LogP contribution < -0.4 is 5.32 Å². The molecule has 1 aliphatic heterocycles.